The Morgan fingerprint density at radius 2 is 2.15 bits per heavy atom. The molecule has 2 rings (SSSR count). The fraction of sp³-hybridized carbons (Fsp3) is 0.308. The Morgan fingerprint density at radius 3 is 2.85 bits per heavy atom. The Bertz CT molecular complexity index is 580. The molecule has 106 valence electrons. The first-order valence-electron chi connectivity index (χ1n) is 6.15. The third-order valence-corrected chi connectivity index (χ3v) is 2.62. The molecule has 0 aliphatic heterocycles. The number of ether oxygens (including phenoxy) is 2. The predicted molar refractivity (Wildman–Crippen MR) is 76.7 cm³/mol. The van der Waals surface area contributed by atoms with Crippen molar-refractivity contribution in [3.8, 4) is 17.4 Å². The van der Waals surface area contributed by atoms with E-state index in [1.165, 1.54) is 12.5 Å². The topological polar surface area (TPSA) is 69.2 Å². The van der Waals surface area contributed by atoms with Crippen LogP contribution in [-0.2, 0) is 0 Å². The van der Waals surface area contributed by atoms with Gasteiger partial charge < -0.3 is 14.8 Å². The Hall–Kier alpha value is -2.08. The van der Waals surface area contributed by atoms with Crippen molar-refractivity contribution in [3.05, 3.63) is 29.8 Å². The van der Waals surface area contributed by atoms with E-state index in [0.717, 1.165) is 13.0 Å². The molecule has 0 atom stereocenters. The van der Waals surface area contributed by atoms with E-state index in [9.17, 15) is 0 Å². The summed E-state index contributed by atoms with van der Waals surface area (Å²) in [6.45, 7) is 2.85. The molecule has 0 saturated heterocycles. The van der Waals surface area contributed by atoms with Crippen LogP contribution in [0.5, 0.6) is 17.4 Å². The summed E-state index contributed by atoms with van der Waals surface area (Å²) >= 11 is 5.87. The molecule has 1 N–H and O–H groups in total. The van der Waals surface area contributed by atoms with E-state index in [2.05, 4.69) is 27.2 Å². The van der Waals surface area contributed by atoms with Gasteiger partial charge >= 0.3 is 0 Å². The molecule has 7 heteroatoms. The number of anilines is 1. The third-order valence-electron chi connectivity index (χ3n) is 2.41. The lowest BCUT2D eigenvalue weighted by Gasteiger charge is -2.12. The van der Waals surface area contributed by atoms with Crippen LogP contribution in [0.3, 0.4) is 0 Å². The van der Waals surface area contributed by atoms with Crippen molar-refractivity contribution >= 4 is 17.4 Å². The zero-order chi connectivity index (χ0) is 14.4. The molecule has 0 bridgehead atoms. The van der Waals surface area contributed by atoms with Crippen LogP contribution < -0.4 is 14.8 Å². The Morgan fingerprint density at radius 1 is 1.30 bits per heavy atom. The number of hydrogen-bond acceptors (Lipinski definition) is 6. The van der Waals surface area contributed by atoms with Crippen LogP contribution in [0.2, 0.25) is 5.02 Å². The summed E-state index contributed by atoms with van der Waals surface area (Å²) < 4.78 is 10.9. The molecule has 0 aliphatic carbocycles. The summed E-state index contributed by atoms with van der Waals surface area (Å²) in [5.74, 6) is 1.83. The van der Waals surface area contributed by atoms with Crippen molar-refractivity contribution in [1.29, 1.82) is 0 Å². The van der Waals surface area contributed by atoms with E-state index in [1.54, 1.807) is 19.4 Å². The van der Waals surface area contributed by atoms with E-state index in [0.29, 0.717) is 28.2 Å². The van der Waals surface area contributed by atoms with Crippen LogP contribution >= 0.6 is 11.6 Å². The highest BCUT2D eigenvalue weighted by Crippen LogP contribution is 2.34. The van der Waals surface area contributed by atoms with Gasteiger partial charge in [-0.05, 0) is 6.42 Å². The molecule has 2 aromatic rings. The van der Waals surface area contributed by atoms with Crippen LogP contribution in [0.1, 0.15) is 13.3 Å². The van der Waals surface area contributed by atoms with Crippen LogP contribution in [0.4, 0.5) is 5.82 Å². The second-order valence-corrected chi connectivity index (χ2v) is 4.36. The summed E-state index contributed by atoms with van der Waals surface area (Å²) in [7, 11) is 1.54. The molecule has 0 amide bonds. The lowest BCUT2D eigenvalue weighted by Crippen LogP contribution is -2.05. The number of rotatable bonds is 6. The molecule has 0 unspecified atom stereocenters. The second kappa shape index (κ2) is 6.91. The largest absolute Gasteiger partial charge is 0.489 e. The van der Waals surface area contributed by atoms with Gasteiger partial charge in [0.25, 0.3) is 5.88 Å². The summed E-state index contributed by atoms with van der Waals surface area (Å²) in [6.07, 6.45) is 5.46. The van der Waals surface area contributed by atoms with Crippen LogP contribution in [0.25, 0.3) is 0 Å². The summed E-state index contributed by atoms with van der Waals surface area (Å²) in [4.78, 5) is 12.2. The zero-order valence-corrected chi connectivity index (χ0v) is 12.0. The molecule has 0 saturated carbocycles. The highest BCUT2D eigenvalue weighted by molar-refractivity contribution is 6.30. The van der Waals surface area contributed by atoms with Crippen molar-refractivity contribution in [2.75, 3.05) is 19.0 Å². The molecule has 6 nitrogen and oxygen atoms in total. The first-order valence-corrected chi connectivity index (χ1v) is 6.53. The first-order chi connectivity index (χ1) is 9.74. The number of hydrogen-bond donors (Lipinski definition) is 1. The maximum atomic E-state index is 5.87. The minimum Gasteiger partial charge on any atom is -0.489 e. The van der Waals surface area contributed by atoms with Crippen LogP contribution in [0.15, 0.2) is 24.8 Å². The minimum absolute atomic E-state index is 0.310. The molecule has 0 aliphatic rings. The average Bonchev–Trinajstić information content (AvgIpc) is 2.45. The zero-order valence-electron chi connectivity index (χ0n) is 11.3. The lowest BCUT2D eigenvalue weighted by molar-refractivity contribution is 0.368. The monoisotopic (exact) mass is 294 g/mol. The van der Waals surface area contributed by atoms with E-state index < -0.39 is 0 Å². The second-order valence-electron chi connectivity index (χ2n) is 3.93. The fourth-order valence-electron chi connectivity index (χ4n) is 1.54. The molecular weight excluding hydrogens is 280 g/mol. The summed E-state index contributed by atoms with van der Waals surface area (Å²) in [6, 6.07) is 1.65. The van der Waals surface area contributed by atoms with E-state index >= 15 is 0 Å². The Balaban J connectivity index is 2.26. The highest BCUT2D eigenvalue weighted by Gasteiger charge is 2.14. The molecule has 0 fully saturated rings. The van der Waals surface area contributed by atoms with E-state index in [1.807, 2.05) is 0 Å². The normalized spacial score (nSPS) is 10.2. The molecule has 0 radical (unpaired) electrons. The number of methoxy groups -OCH3 is 1. The van der Waals surface area contributed by atoms with Crippen molar-refractivity contribution in [2.45, 2.75) is 13.3 Å². The van der Waals surface area contributed by atoms with Crippen molar-refractivity contribution in [2.24, 2.45) is 0 Å². The number of aromatic nitrogens is 3. The third kappa shape index (κ3) is 3.48. The lowest BCUT2D eigenvalue weighted by atomic mass is 10.4. The Kier molecular flexibility index (Phi) is 4.95. The van der Waals surface area contributed by atoms with Crippen LogP contribution in [-0.4, -0.2) is 28.6 Å². The average molecular weight is 295 g/mol. The van der Waals surface area contributed by atoms with Gasteiger partial charge in [0.2, 0.25) is 5.75 Å². The highest BCUT2D eigenvalue weighted by atomic mass is 35.5. The molecule has 2 heterocycles. The van der Waals surface area contributed by atoms with Crippen molar-refractivity contribution in [1.82, 2.24) is 15.0 Å². The molecule has 0 spiro atoms. The minimum atomic E-state index is 0.310. The van der Waals surface area contributed by atoms with Gasteiger partial charge in [-0.1, -0.05) is 18.5 Å². The summed E-state index contributed by atoms with van der Waals surface area (Å²) in [5.41, 5.74) is 0. The maximum Gasteiger partial charge on any atom is 0.268 e. The molecule has 0 aromatic carbocycles. The van der Waals surface area contributed by atoms with Gasteiger partial charge in [0.05, 0.1) is 18.3 Å². The SMILES string of the molecule is CCCNc1ncnc(Oc2cncc(Cl)c2)c1OC. The Labute approximate surface area is 122 Å². The van der Waals surface area contributed by atoms with Gasteiger partial charge in [0.15, 0.2) is 5.82 Å². The number of nitrogens with one attached hydrogen (secondary N) is 1. The smallest absolute Gasteiger partial charge is 0.268 e. The quantitative estimate of drug-likeness (QED) is 0.882. The molecule has 2 aromatic heterocycles. The van der Waals surface area contributed by atoms with E-state index in [4.69, 9.17) is 21.1 Å². The number of halogens is 1. The van der Waals surface area contributed by atoms with Gasteiger partial charge in [0, 0.05) is 18.8 Å². The van der Waals surface area contributed by atoms with Crippen LogP contribution in [0, 0.1) is 0 Å². The van der Waals surface area contributed by atoms with Gasteiger partial charge in [-0.25, -0.2) is 4.98 Å². The van der Waals surface area contributed by atoms with Gasteiger partial charge in [-0.3, -0.25) is 4.98 Å². The van der Waals surface area contributed by atoms with E-state index in [-0.39, 0.29) is 0 Å². The maximum absolute atomic E-state index is 5.87. The van der Waals surface area contributed by atoms with Gasteiger partial charge in [-0.2, -0.15) is 4.98 Å². The predicted octanol–water partition coefficient (Wildman–Crippen LogP) is 3.15. The number of pyridine rings is 1. The molecule has 20 heavy (non-hydrogen) atoms. The molecular formula is C13H15ClN4O2. The fourth-order valence-corrected chi connectivity index (χ4v) is 1.71. The summed E-state index contributed by atoms with van der Waals surface area (Å²) in [5, 5.41) is 3.64. The van der Waals surface area contributed by atoms with Gasteiger partial charge in [0.1, 0.15) is 12.1 Å². The first kappa shape index (κ1) is 14.3. The standard InChI is InChI=1S/C13H15ClN4O2/c1-3-4-16-12-11(19-2)13(18-8-17-12)20-10-5-9(14)6-15-7-10/h5-8H,3-4H2,1-2H3,(H,16,17,18). The number of nitrogens with zero attached hydrogens (tertiary/aromatic N) is 3. The van der Waals surface area contributed by atoms with Crippen molar-refractivity contribution < 1.29 is 9.47 Å². The van der Waals surface area contributed by atoms with Gasteiger partial charge in [-0.15, -0.1) is 0 Å². The van der Waals surface area contributed by atoms with Crippen molar-refractivity contribution in [3.63, 3.8) is 0 Å².